The molecule has 0 aliphatic carbocycles. The summed E-state index contributed by atoms with van der Waals surface area (Å²) in [5.41, 5.74) is 0.897. The first-order valence-electron chi connectivity index (χ1n) is 5.10. The Bertz CT molecular complexity index is 464. The van der Waals surface area contributed by atoms with E-state index in [2.05, 4.69) is 5.10 Å². The van der Waals surface area contributed by atoms with E-state index in [0.29, 0.717) is 17.7 Å². The topological polar surface area (TPSA) is 55.1 Å². The lowest BCUT2D eigenvalue weighted by Crippen LogP contribution is -1.95. The second kappa shape index (κ2) is 5.70. The molecule has 1 N–H and O–H groups in total. The largest absolute Gasteiger partial charge is 0.506 e. The zero-order valence-electron chi connectivity index (χ0n) is 9.29. The lowest BCUT2D eigenvalue weighted by atomic mass is 10.3. The lowest BCUT2D eigenvalue weighted by Gasteiger charge is -2.02. The van der Waals surface area contributed by atoms with Crippen molar-refractivity contribution in [3.05, 3.63) is 42.2 Å². The maximum atomic E-state index is 10.4. The number of nitrogens with zero attached hydrogens (tertiary/aromatic N) is 2. The minimum absolute atomic E-state index is 0.132. The van der Waals surface area contributed by atoms with E-state index in [0.717, 1.165) is 0 Å². The lowest BCUT2D eigenvalue weighted by molar-refractivity contribution is 0.111. The van der Waals surface area contributed by atoms with Crippen LogP contribution >= 0.6 is 0 Å². The number of aromatic nitrogens is 2. The molecule has 0 amide bonds. The van der Waals surface area contributed by atoms with E-state index in [1.54, 1.807) is 36.5 Å². The van der Waals surface area contributed by atoms with Gasteiger partial charge in [0.15, 0.2) is 6.29 Å². The molecule has 1 aromatic heterocycles. The summed E-state index contributed by atoms with van der Waals surface area (Å²) in [5, 5.41) is 13.4. The fourth-order valence-electron chi connectivity index (χ4n) is 1.19. The second-order valence-electron chi connectivity index (χ2n) is 2.79. The third kappa shape index (κ3) is 2.48. The van der Waals surface area contributed by atoms with Crippen molar-refractivity contribution < 1.29 is 9.90 Å². The number of phenols is 1. The number of carbonyl (C=O) groups is 1. The highest BCUT2D eigenvalue weighted by Gasteiger charge is 2.03. The quantitative estimate of drug-likeness (QED) is 0.787. The van der Waals surface area contributed by atoms with Crippen molar-refractivity contribution in [2.24, 2.45) is 0 Å². The van der Waals surface area contributed by atoms with E-state index in [4.69, 9.17) is 0 Å². The molecule has 0 unspecified atom stereocenters. The smallest absolute Gasteiger partial charge is 0.170 e. The minimum atomic E-state index is 0.132. The predicted molar refractivity (Wildman–Crippen MR) is 62.0 cm³/mol. The Labute approximate surface area is 94.2 Å². The third-order valence-electron chi connectivity index (χ3n) is 1.86. The number of hydrogen-bond acceptors (Lipinski definition) is 3. The third-order valence-corrected chi connectivity index (χ3v) is 1.86. The Hall–Kier alpha value is -2.10. The molecule has 0 atom stereocenters. The molecule has 16 heavy (non-hydrogen) atoms. The fourth-order valence-corrected chi connectivity index (χ4v) is 1.19. The van der Waals surface area contributed by atoms with Gasteiger partial charge in [-0.3, -0.25) is 4.79 Å². The molecular weight excluding hydrogens is 204 g/mol. The molecule has 1 aromatic carbocycles. The van der Waals surface area contributed by atoms with E-state index >= 15 is 0 Å². The second-order valence-corrected chi connectivity index (χ2v) is 2.79. The summed E-state index contributed by atoms with van der Waals surface area (Å²) in [5.74, 6) is 0.132. The zero-order chi connectivity index (χ0) is 12.0. The van der Waals surface area contributed by atoms with Crippen LogP contribution in [0.4, 0.5) is 0 Å². The SMILES string of the molecule is CC.O=Cc1ccn(-c2ccccc2O)n1. The number of para-hydroxylation sites is 2. The fraction of sp³-hybridized carbons (Fsp3) is 0.167. The molecule has 0 aliphatic heterocycles. The number of aromatic hydroxyl groups is 1. The molecule has 0 spiro atoms. The van der Waals surface area contributed by atoms with Crippen LogP contribution in [0.15, 0.2) is 36.5 Å². The first-order chi connectivity index (χ1) is 7.81. The van der Waals surface area contributed by atoms with E-state index in [1.807, 2.05) is 13.8 Å². The zero-order valence-corrected chi connectivity index (χ0v) is 9.29. The molecule has 0 bridgehead atoms. The van der Waals surface area contributed by atoms with Gasteiger partial charge in [0.25, 0.3) is 0 Å². The van der Waals surface area contributed by atoms with Gasteiger partial charge in [-0.1, -0.05) is 26.0 Å². The van der Waals surface area contributed by atoms with E-state index in [-0.39, 0.29) is 5.75 Å². The van der Waals surface area contributed by atoms with E-state index in [1.165, 1.54) is 4.68 Å². The summed E-state index contributed by atoms with van der Waals surface area (Å²) in [6, 6.07) is 8.38. The van der Waals surface area contributed by atoms with Crippen LogP contribution in [-0.2, 0) is 0 Å². The van der Waals surface area contributed by atoms with Gasteiger partial charge in [0.2, 0.25) is 0 Å². The Morgan fingerprint density at radius 1 is 1.25 bits per heavy atom. The number of hydrogen-bond donors (Lipinski definition) is 1. The monoisotopic (exact) mass is 218 g/mol. The van der Waals surface area contributed by atoms with Crippen LogP contribution in [0, 0.1) is 0 Å². The molecule has 2 rings (SSSR count). The van der Waals surface area contributed by atoms with Gasteiger partial charge in [-0.25, -0.2) is 4.68 Å². The molecule has 0 saturated heterocycles. The van der Waals surface area contributed by atoms with Crippen LogP contribution in [0.5, 0.6) is 5.75 Å². The molecule has 2 aromatic rings. The number of rotatable bonds is 2. The van der Waals surface area contributed by atoms with Crippen LogP contribution in [-0.4, -0.2) is 21.2 Å². The highest BCUT2D eigenvalue weighted by atomic mass is 16.3. The van der Waals surface area contributed by atoms with Crippen molar-refractivity contribution >= 4 is 6.29 Å². The normalized spacial score (nSPS) is 9.12. The van der Waals surface area contributed by atoms with Gasteiger partial charge in [-0.05, 0) is 18.2 Å². The van der Waals surface area contributed by atoms with Crippen molar-refractivity contribution in [3.8, 4) is 11.4 Å². The summed E-state index contributed by atoms with van der Waals surface area (Å²) in [6.45, 7) is 4.00. The van der Waals surface area contributed by atoms with Crippen LogP contribution in [0.3, 0.4) is 0 Å². The minimum Gasteiger partial charge on any atom is -0.506 e. The van der Waals surface area contributed by atoms with Crippen molar-refractivity contribution in [1.29, 1.82) is 0 Å². The van der Waals surface area contributed by atoms with Gasteiger partial charge in [-0.2, -0.15) is 5.10 Å². The summed E-state index contributed by atoms with van der Waals surface area (Å²) in [4.78, 5) is 10.4. The molecule has 0 saturated carbocycles. The molecular formula is C12H14N2O2. The van der Waals surface area contributed by atoms with Crippen LogP contribution in [0.2, 0.25) is 0 Å². The first-order valence-corrected chi connectivity index (χ1v) is 5.10. The van der Waals surface area contributed by atoms with Gasteiger partial charge in [0, 0.05) is 6.20 Å². The van der Waals surface area contributed by atoms with Gasteiger partial charge in [0.05, 0.1) is 0 Å². The van der Waals surface area contributed by atoms with Gasteiger partial charge in [0.1, 0.15) is 17.1 Å². The Balaban J connectivity index is 0.000000606. The standard InChI is InChI=1S/C10H8N2O2.C2H6/c13-7-8-5-6-12(11-8)9-3-1-2-4-10(9)14;1-2/h1-7,14H;1-2H3. The number of carbonyl (C=O) groups excluding carboxylic acids is 1. The van der Waals surface area contributed by atoms with Crippen molar-refractivity contribution in [2.45, 2.75) is 13.8 Å². The highest BCUT2D eigenvalue weighted by Crippen LogP contribution is 2.19. The van der Waals surface area contributed by atoms with Crippen molar-refractivity contribution in [3.63, 3.8) is 0 Å². The molecule has 4 nitrogen and oxygen atoms in total. The average molecular weight is 218 g/mol. The summed E-state index contributed by atoms with van der Waals surface area (Å²) >= 11 is 0. The predicted octanol–water partition coefficient (Wildman–Crippen LogP) is 2.42. The maximum absolute atomic E-state index is 10.4. The summed E-state index contributed by atoms with van der Waals surface area (Å²) in [6.07, 6.45) is 2.29. The van der Waals surface area contributed by atoms with Crippen LogP contribution in [0.1, 0.15) is 24.3 Å². The van der Waals surface area contributed by atoms with Gasteiger partial charge in [-0.15, -0.1) is 0 Å². The Kier molecular flexibility index (Phi) is 4.27. The van der Waals surface area contributed by atoms with Crippen LogP contribution < -0.4 is 0 Å². The number of phenolic OH excluding ortho intramolecular Hbond substituents is 1. The molecule has 0 fully saturated rings. The molecule has 1 heterocycles. The van der Waals surface area contributed by atoms with Crippen molar-refractivity contribution in [2.75, 3.05) is 0 Å². The summed E-state index contributed by atoms with van der Waals surface area (Å²) in [7, 11) is 0. The average Bonchev–Trinajstić information content (AvgIpc) is 2.81. The van der Waals surface area contributed by atoms with Crippen LogP contribution in [0.25, 0.3) is 5.69 Å². The Morgan fingerprint density at radius 3 is 2.50 bits per heavy atom. The van der Waals surface area contributed by atoms with Crippen molar-refractivity contribution in [1.82, 2.24) is 9.78 Å². The molecule has 4 heteroatoms. The molecule has 0 aliphatic rings. The Morgan fingerprint density at radius 2 is 1.94 bits per heavy atom. The molecule has 0 radical (unpaired) electrons. The summed E-state index contributed by atoms with van der Waals surface area (Å²) < 4.78 is 1.46. The molecule has 84 valence electrons. The maximum Gasteiger partial charge on any atom is 0.170 e. The highest BCUT2D eigenvalue weighted by molar-refractivity contribution is 5.71. The first kappa shape index (κ1) is 12.0. The van der Waals surface area contributed by atoms with E-state index in [9.17, 15) is 9.90 Å². The van der Waals surface area contributed by atoms with E-state index < -0.39 is 0 Å². The van der Waals surface area contributed by atoms with Gasteiger partial charge < -0.3 is 5.11 Å². The number of benzene rings is 1. The number of aldehydes is 1. The van der Waals surface area contributed by atoms with Gasteiger partial charge >= 0.3 is 0 Å².